The van der Waals surface area contributed by atoms with E-state index in [9.17, 15) is 4.79 Å². The van der Waals surface area contributed by atoms with E-state index in [-0.39, 0.29) is 11.7 Å². The van der Waals surface area contributed by atoms with Gasteiger partial charge >= 0.3 is 0 Å². The first-order valence-electron chi connectivity index (χ1n) is 6.23. The summed E-state index contributed by atoms with van der Waals surface area (Å²) in [6, 6.07) is 4.53. The molecule has 0 amide bonds. The Morgan fingerprint density at radius 1 is 1.56 bits per heavy atom. The van der Waals surface area contributed by atoms with Gasteiger partial charge in [0.1, 0.15) is 5.78 Å². The molecular formula is C13H18BrNO2S. The van der Waals surface area contributed by atoms with Gasteiger partial charge in [-0.3, -0.25) is 4.79 Å². The van der Waals surface area contributed by atoms with Gasteiger partial charge in [0.2, 0.25) is 0 Å². The van der Waals surface area contributed by atoms with Crippen LogP contribution in [0.4, 0.5) is 0 Å². The van der Waals surface area contributed by atoms with E-state index in [4.69, 9.17) is 4.74 Å². The zero-order valence-corrected chi connectivity index (χ0v) is 12.9. The highest BCUT2D eigenvalue weighted by molar-refractivity contribution is 9.11. The van der Waals surface area contributed by atoms with Crippen molar-refractivity contribution < 1.29 is 9.53 Å². The number of Topliss-reactive ketones (excluding diaryl/α,β-unsaturated/α-hetero) is 1. The summed E-state index contributed by atoms with van der Waals surface area (Å²) in [6.07, 6.45) is 2.08. The summed E-state index contributed by atoms with van der Waals surface area (Å²) in [5.74, 6) is 0.202. The van der Waals surface area contributed by atoms with Crippen LogP contribution in [0.3, 0.4) is 0 Å². The molecule has 1 aromatic rings. The summed E-state index contributed by atoms with van der Waals surface area (Å²) >= 11 is 5.09. The molecule has 0 radical (unpaired) electrons. The molecule has 0 bridgehead atoms. The Bertz CT molecular complexity index is 401. The monoisotopic (exact) mass is 331 g/mol. The molecule has 1 aliphatic heterocycles. The Morgan fingerprint density at radius 3 is 2.83 bits per heavy atom. The molecule has 0 aliphatic carbocycles. The second kappa shape index (κ2) is 6.80. The van der Waals surface area contributed by atoms with Crippen LogP contribution in [0.15, 0.2) is 15.9 Å². The highest BCUT2D eigenvalue weighted by Crippen LogP contribution is 2.29. The third kappa shape index (κ3) is 3.88. The van der Waals surface area contributed by atoms with Crippen molar-refractivity contribution in [3.63, 3.8) is 0 Å². The third-order valence-corrected chi connectivity index (χ3v) is 5.00. The minimum Gasteiger partial charge on any atom is -0.381 e. The zero-order valence-electron chi connectivity index (χ0n) is 10.4. The van der Waals surface area contributed by atoms with Gasteiger partial charge in [0.15, 0.2) is 0 Å². The molecule has 1 saturated heterocycles. The molecule has 0 saturated carbocycles. The normalized spacial score (nSPS) is 18.8. The lowest BCUT2D eigenvalue weighted by atomic mass is 10.0. The molecule has 1 fully saturated rings. The van der Waals surface area contributed by atoms with E-state index in [1.807, 2.05) is 12.1 Å². The fraction of sp³-hybridized carbons (Fsp3) is 0.615. The van der Waals surface area contributed by atoms with Crippen LogP contribution in [-0.4, -0.2) is 31.6 Å². The van der Waals surface area contributed by atoms with Crippen molar-refractivity contribution in [2.45, 2.75) is 31.7 Å². The average molecular weight is 332 g/mol. The van der Waals surface area contributed by atoms with Gasteiger partial charge in [-0.05, 0) is 47.8 Å². The summed E-state index contributed by atoms with van der Waals surface area (Å²) in [5, 5.41) is 3.50. The lowest BCUT2D eigenvalue weighted by Gasteiger charge is -2.25. The molecule has 1 unspecified atom stereocenters. The topological polar surface area (TPSA) is 38.3 Å². The lowest BCUT2D eigenvalue weighted by molar-refractivity contribution is -0.118. The predicted octanol–water partition coefficient (Wildman–Crippen LogP) is 2.95. The van der Waals surface area contributed by atoms with Crippen LogP contribution < -0.4 is 5.32 Å². The SMILES string of the molecule is CC(=O)C(CNC1CCOCC1)c1ccc(Br)s1. The molecule has 2 rings (SSSR count). The van der Waals surface area contributed by atoms with E-state index in [2.05, 4.69) is 21.2 Å². The number of hydrogen-bond donors (Lipinski definition) is 1. The molecule has 100 valence electrons. The molecule has 1 aromatic heterocycles. The van der Waals surface area contributed by atoms with E-state index in [0.717, 1.165) is 41.3 Å². The maximum absolute atomic E-state index is 11.8. The molecule has 2 heterocycles. The number of nitrogens with one attached hydrogen (secondary N) is 1. The molecule has 0 spiro atoms. The van der Waals surface area contributed by atoms with Crippen LogP contribution in [0.5, 0.6) is 0 Å². The van der Waals surface area contributed by atoms with Crippen LogP contribution in [-0.2, 0) is 9.53 Å². The van der Waals surface area contributed by atoms with E-state index < -0.39 is 0 Å². The number of hydrogen-bond acceptors (Lipinski definition) is 4. The molecule has 1 N–H and O–H groups in total. The quantitative estimate of drug-likeness (QED) is 0.901. The van der Waals surface area contributed by atoms with Crippen LogP contribution in [0, 0.1) is 0 Å². The Kier molecular flexibility index (Phi) is 5.36. The summed E-state index contributed by atoms with van der Waals surface area (Å²) in [4.78, 5) is 12.9. The molecule has 1 atom stereocenters. The van der Waals surface area contributed by atoms with E-state index in [1.54, 1.807) is 18.3 Å². The molecular weight excluding hydrogens is 314 g/mol. The zero-order chi connectivity index (χ0) is 13.0. The van der Waals surface area contributed by atoms with Crippen molar-refractivity contribution in [2.24, 2.45) is 0 Å². The van der Waals surface area contributed by atoms with Crippen LogP contribution in [0.25, 0.3) is 0 Å². The van der Waals surface area contributed by atoms with Gasteiger partial charge in [-0.15, -0.1) is 11.3 Å². The summed E-state index contributed by atoms with van der Waals surface area (Å²) < 4.78 is 6.41. The molecule has 3 nitrogen and oxygen atoms in total. The number of rotatable bonds is 5. The lowest BCUT2D eigenvalue weighted by Crippen LogP contribution is -2.38. The number of ether oxygens (including phenoxy) is 1. The molecule has 0 aromatic carbocycles. The average Bonchev–Trinajstić information content (AvgIpc) is 2.77. The Morgan fingerprint density at radius 2 is 2.28 bits per heavy atom. The highest BCUT2D eigenvalue weighted by Gasteiger charge is 2.21. The van der Waals surface area contributed by atoms with Gasteiger partial charge in [-0.1, -0.05) is 0 Å². The number of thiophene rings is 1. The predicted molar refractivity (Wildman–Crippen MR) is 77.3 cm³/mol. The smallest absolute Gasteiger partial charge is 0.139 e. The van der Waals surface area contributed by atoms with Gasteiger partial charge in [-0.2, -0.15) is 0 Å². The fourth-order valence-electron chi connectivity index (χ4n) is 2.15. The van der Waals surface area contributed by atoms with Crippen molar-refractivity contribution in [3.05, 3.63) is 20.8 Å². The maximum atomic E-state index is 11.8. The third-order valence-electron chi connectivity index (χ3n) is 3.26. The van der Waals surface area contributed by atoms with Crippen molar-refractivity contribution in [1.29, 1.82) is 0 Å². The van der Waals surface area contributed by atoms with Gasteiger partial charge < -0.3 is 10.1 Å². The summed E-state index contributed by atoms with van der Waals surface area (Å²) in [7, 11) is 0. The Labute approximate surface area is 120 Å². The van der Waals surface area contributed by atoms with Gasteiger partial charge in [-0.25, -0.2) is 0 Å². The van der Waals surface area contributed by atoms with Gasteiger partial charge in [0.05, 0.1) is 9.70 Å². The molecule has 1 aliphatic rings. The van der Waals surface area contributed by atoms with Crippen LogP contribution in [0.1, 0.15) is 30.6 Å². The van der Waals surface area contributed by atoms with E-state index in [0.29, 0.717) is 6.04 Å². The van der Waals surface area contributed by atoms with Crippen LogP contribution in [0.2, 0.25) is 0 Å². The number of halogens is 1. The first-order valence-corrected chi connectivity index (χ1v) is 7.84. The highest BCUT2D eigenvalue weighted by atomic mass is 79.9. The van der Waals surface area contributed by atoms with Crippen molar-refractivity contribution in [2.75, 3.05) is 19.8 Å². The number of ketones is 1. The standard InChI is InChI=1S/C13H18BrNO2S/c1-9(16)11(12-2-3-13(14)18-12)8-15-10-4-6-17-7-5-10/h2-3,10-11,15H,4-8H2,1H3. The largest absolute Gasteiger partial charge is 0.381 e. The van der Waals surface area contributed by atoms with Gasteiger partial charge in [0, 0.05) is 30.7 Å². The van der Waals surface area contributed by atoms with E-state index in [1.165, 1.54) is 0 Å². The van der Waals surface area contributed by atoms with Gasteiger partial charge in [0.25, 0.3) is 0 Å². The minimum atomic E-state index is -0.0239. The summed E-state index contributed by atoms with van der Waals surface area (Å²) in [6.45, 7) is 4.05. The Balaban J connectivity index is 1.92. The first-order chi connectivity index (χ1) is 8.66. The second-order valence-corrected chi connectivity index (χ2v) is 7.09. The number of carbonyl (C=O) groups is 1. The van der Waals surface area contributed by atoms with Crippen molar-refractivity contribution in [1.82, 2.24) is 5.32 Å². The first kappa shape index (κ1) is 14.2. The minimum absolute atomic E-state index is 0.0239. The second-order valence-electron chi connectivity index (χ2n) is 4.60. The van der Waals surface area contributed by atoms with Crippen LogP contribution >= 0.6 is 27.3 Å². The van der Waals surface area contributed by atoms with E-state index >= 15 is 0 Å². The molecule has 5 heteroatoms. The fourth-order valence-corrected chi connectivity index (χ4v) is 3.73. The Hall–Kier alpha value is -0.230. The maximum Gasteiger partial charge on any atom is 0.139 e. The van der Waals surface area contributed by atoms with Crippen molar-refractivity contribution >= 4 is 33.0 Å². The summed E-state index contributed by atoms with van der Waals surface area (Å²) in [5.41, 5.74) is 0. The van der Waals surface area contributed by atoms with Crippen molar-refractivity contribution in [3.8, 4) is 0 Å². The number of carbonyl (C=O) groups excluding carboxylic acids is 1. The molecule has 18 heavy (non-hydrogen) atoms.